The first-order valence-corrected chi connectivity index (χ1v) is 8.82. The molecule has 0 N–H and O–H groups in total. The van der Waals surface area contributed by atoms with Gasteiger partial charge in [-0.2, -0.15) is 0 Å². The van der Waals surface area contributed by atoms with Crippen LogP contribution in [0.1, 0.15) is 71.5 Å². The van der Waals surface area contributed by atoms with Crippen molar-refractivity contribution in [1.29, 1.82) is 0 Å². The SMILES string of the molecule is Cc1cc(C(=O)Cn2cnc(C3CCC3)cc2=O)c(C)n1C1CC1. The van der Waals surface area contributed by atoms with Crippen LogP contribution in [0.4, 0.5) is 0 Å². The van der Waals surface area contributed by atoms with Gasteiger partial charge in [-0.3, -0.25) is 14.2 Å². The topological polar surface area (TPSA) is 56.9 Å². The normalized spacial score (nSPS) is 17.8. The zero-order valence-corrected chi connectivity index (χ0v) is 14.3. The third-order valence-corrected chi connectivity index (χ3v) is 5.43. The summed E-state index contributed by atoms with van der Waals surface area (Å²) in [6, 6.07) is 4.11. The van der Waals surface area contributed by atoms with E-state index in [1.807, 2.05) is 19.9 Å². The molecule has 2 saturated carbocycles. The lowest BCUT2D eigenvalue weighted by Gasteiger charge is -2.24. The summed E-state index contributed by atoms with van der Waals surface area (Å²) < 4.78 is 3.68. The van der Waals surface area contributed by atoms with Gasteiger partial charge in [0.25, 0.3) is 5.56 Å². The monoisotopic (exact) mass is 325 g/mol. The second kappa shape index (κ2) is 5.72. The molecule has 2 aliphatic rings. The van der Waals surface area contributed by atoms with Crippen molar-refractivity contribution in [3.63, 3.8) is 0 Å². The fraction of sp³-hybridized carbons (Fsp3) is 0.526. The van der Waals surface area contributed by atoms with Crippen LogP contribution in [0.5, 0.6) is 0 Å². The fourth-order valence-electron chi connectivity index (χ4n) is 3.68. The van der Waals surface area contributed by atoms with E-state index in [9.17, 15) is 9.59 Å². The van der Waals surface area contributed by atoms with E-state index in [1.54, 1.807) is 6.07 Å². The molecule has 0 aromatic carbocycles. The van der Waals surface area contributed by atoms with Gasteiger partial charge in [0, 0.05) is 35.0 Å². The zero-order chi connectivity index (χ0) is 16.8. The highest BCUT2D eigenvalue weighted by Crippen LogP contribution is 2.38. The van der Waals surface area contributed by atoms with Crippen molar-refractivity contribution in [1.82, 2.24) is 14.1 Å². The molecule has 2 fully saturated rings. The third kappa shape index (κ3) is 2.62. The van der Waals surface area contributed by atoms with Gasteiger partial charge in [-0.1, -0.05) is 6.42 Å². The quantitative estimate of drug-likeness (QED) is 0.794. The highest BCUT2D eigenvalue weighted by atomic mass is 16.1. The molecule has 0 spiro atoms. The maximum Gasteiger partial charge on any atom is 0.253 e. The van der Waals surface area contributed by atoms with Crippen molar-refractivity contribution < 1.29 is 4.79 Å². The largest absolute Gasteiger partial charge is 0.345 e. The predicted octanol–water partition coefficient (Wildman–Crippen LogP) is 3.15. The Labute approximate surface area is 141 Å². The average molecular weight is 325 g/mol. The van der Waals surface area contributed by atoms with Gasteiger partial charge in [-0.05, 0) is 45.6 Å². The summed E-state index contributed by atoms with van der Waals surface area (Å²) in [4.78, 5) is 29.4. The minimum absolute atomic E-state index is 0.0182. The van der Waals surface area contributed by atoms with Crippen molar-refractivity contribution in [3.05, 3.63) is 51.5 Å². The van der Waals surface area contributed by atoms with Crippen LogP contribution in [0.2, 0.25) is 0 Å². The smallest absolute Gasteiger partial charge is 0.253 e. The lowest BCUT2D eigenvalue weighted by Crippen LogP contribution is -2.26. The molecule has 24 heavy (non-hydrogen) atoms. The minimum atomic E-state index is -0.128. The van der Waals surface area contributed by atoms with Crippen molar-refractivity contribution in [2.45, 2.75) is 64.5 Å². The van der Waals surface area contributed by atoms with Gasteiger partial charge >= 0.3 is 0 Å². The summed E-state index contributed by atoms with van der Waals surface area (Å²) in [5, 5.41) is 0. The molecular weight excluding hydrogens is 302 g/mol. The summed E-state index contributed by atoms with van der Waals surface area (Å²) in [6.45, 7) is 4.11. The van der Waals surface area contributed by atoms with E-state index >= 15 is 0 Å². The van der Waals surface area contributed by atoms with E-state index in [2.05, 4.69) is 9.55 Å². The minimum Gasteiger partial charge on any atom is -0.345 e. The van der Waals surface area contributed by atoms with Gasteiger partial charge < -0.3 is 4.57 Å². The number of nitrogens with zero attached hydrogens (tertiary/aromatic N) is 3. The summed E-state index contributed by atoms with van der Waals surface area (Å²) in [7, 11) is 0. The first-order chi connectivity index (χ1) is 11.5. The lowest BCUT2D eigenvalue weighted by molar-refractivity contribution is 0.0969. The Morgan fingerprint density at radius 3 is 2.54 bits per heavy atom. The first-order valence-electron chi connectivity index (χ1n) is 8.82. The number of hydrogen-bond donors (Lipinski definition) is 0. The van der Waals surface area contributed by atoms with Crippen LogP contribution in [0, 0.1) is 13.8 Å². The van der Waals surface area contributed by atoms with E-state index in [4.69, 9.17) is 0 Å². The van der Waals surface area contributed by atoms with Crippen LogP contribution in [0.25, 0.3) is 0 Å². The van der Waals surface area contributed by atoms with Crippen molar-refractivity contribution in [2.75, 3.05) is 0 Å². The van der Waals surface area contributed by atoms with E-state index in [0.29, 0.717) is 12.0 Å². The Bertz CT molecular complexity index is 854. The van der Waals surface area contributed by atoms with E-state index in [0.717, 1.165) is 35.5 Å². The molecule has 0 saturated heterocycles. The number of aromatic nitrogens is 3. The standard InChI is InChI=1S/C19H23N3O2/c1-12-8-16(13(2)22(12)15-6-7-15)18(23)10-21-11-20-17(9-19(21)24)14-4-3-5-14/h8-9,11,14-15H,3-7,10H2,1-2H3. The number of Topliss-reactive ketones (excluding diaryl/α,β-unsaturated/α-hetero) is 1. The number of hydrogen-bond acceptors (Lipinski definition) is 3. The Balaban J connectivity index is 1.56. The average Bonchev–Trinajstić information content (AvgIpc) is 3.26. The van der Waals surface area contributed by atoms with Gasteiger partial charge in [0.2, 0.25) is 0 Å². The summed E-state index contributed by atoms with van der Waals surface area (Å²) in [5.74, 6) is 0.413. The Morgan fingerprint density at radius 1 is 1.21 bits per heavy atom. The van der Waals surface area contributed by atoms with Crippen LogP contribution in [0.3, 0.4) is 0 Å². The fourth-order valence-corrected chi connectivity index (χ4v) is 3.68. The molecule has 0 atom stereocenters. The highest BCUT2D eigenvalue weighted by Gasteiger charge is 2.28. The molecule has 0 bridgehead atoms. The van der Waals surface area contributed by atoms with E-state index in [1.165, 1.54) is 30.2 Å². The number of carbonyl (C=O) groups is 1. The molecule has 2 aliphatic carbocycles. The molecule has 2 heterocycles. The number of carbonyl (C=O) groups excluding carboxylic acids is 1. The number of ketones is 1. The molecule has 5 nitrogen and oxygen atoms in total. The van der Waals surface area contributed by atoms with Gasteiger partial charge in [0.05, 0.1) is 18.6 Å². The number of aryl methyl sites for hydroxylation is 1. The summed E-state index contributed by atoms with van der Waals surface area (Å²) in [6.07, 6.45) is 7.36. The molecule has 126 valence electrons. The molecule has 2 aromatic rings. The highest BCUT2D eigenvalue weighted by molar-refractivity contribution is 5.97. The van der Waals surface area contributed by atoms with Crippen LogP contribution in [-0.4, -0.2) is 19.9 Å². The van der Waals surface area contributed by atoms with Crippen molar-refractivity contribution >= 4 is 5.78 Å². The second-order valence-corrected chi connectivity index (χ2v) is 7.22. The molecule has 2 aromatic heterocycles. The first kappa shape index (κ1) is 15.4. The predicted molar refractivity (Wildman–Crippen MR) is 91.6 cm³/mol. The second-order valence-electron chi connectivity index (χ2n) is 7.22. The van der Waals surface area contributed by atoms with Crippen LogP contribution in [-0.2, 0) is 6.54 Å². The van der Waals surface area contributed by atoms with Crippen LogP contribution < -0.4 is 5.56 Å². The van der Waals surface area contributed by atoms with Gasteiger partial charge in [-0.15, -0.1) is 0 Å². The van der Waals surface area contributed by atoms with Crippen LogP contribution >= 0.6 is 0 Å². The van der Waals surface area contributed by atoms with Gasteiger partial charge in [0.1, 0.15) is 0 Å². The Morgan fingerprint density at radius 2 is 1.96 bits per heavy atom. The van der Waals surface area contributed by atoms with Crippen LogP contribution in [0.15, 0.2) is 23.3 Å². The maximum atomic E-state index is 12.7. The molecule has 0 radical (unpaired) electrons. The maximum absolute atomic E-state index is 12.7. The number of rotatable bonds is 5. The van der Waals surface area contributed by atoms with Gasteiger partial charge in [0.15, 0.2) is 5.78 Å². The molecular formula is C19H23N3O2. The van der Waals surface area contributed by atoms with E-state index < -0.39 is 0 Å². The Hall–Kier alpha value is -2.17. The van der Waals surface area contributed by atoms with Gasteiger partial charge in [-0.25, -0.2) is 4.98 Å². The summed E-state index contributed by atoms with van der Waals surface area (Å²) in [5.41, 5.74) is 3.63. The zero-order valence-electron chi connectivity index (χ0n) is 14.3. The lowest BCUT2D eigenvalue weighted by atomic mass is 9.83. The Kier molecular flexibility index (Phi) is 3.66. The molecule has 5 heteroatoms. The molecule has 4 rings (SSSR count). The molecule has 0 aliphatic heterocycles. The van der Waals surface area contributed by atoms with Crippen molar-refractivity contribution in [3.8, 4) is 0 Å². The van der Waals surface area contributed by atoms with E-state index in [-0.39, 0.29) is 17.9 Å². The van der Waals surface area contributed by atoms with Crippen molar-refractivity contribution in [2.24, 2.45) is 0 Å². The third-order valence-electron chi connectivity index (χ3n) is 5.43. The molecule has 0 amide bonds. The molecule has 0 unspecified atom stereocenters. The summed E-state index contributed by atoms with van der Waals surface area (Å²) >= 11 is 0.